The number of para-hydroxylation sites is 2. The van der Waals surface area contributed by atoms with Crippen LogP contribution in [-0.4, -0.2) is 39.1 Å². The van der Waals surface area contributed by atoms with Gasteiger partial charge in [0.15, 0.2) is 0 Å². The number of carbonyl (C=O) groups excluding carboxylic acids is 1. The summed E-state index contributed by atoms with van der Waals surface area (Å²) in [6, 6.07) is 18.5. The van der Waals surface area contributed by atoms with Crippen LogP contribution in [0.3, 0.4) is 0 Å². The molecule has 1 N–H and O–H groups in total. The maximum atomic E-state index is 12.9. The number of aryl methyl sites for hydroxylation is 2. The van der Waals surface area contributed by atoms with Crippen LogP contribution in [0.25, 0.3) is 11.0 Å². The molecule has 6 heteroatoms. The van der Waals surface area contributed by atoms with Crippen LogP contribution in [0, 0.1) is 0 Å². The summed E-state index contributed by atoms with van der Waals surface area (Å²) in [6.45, 7) is 6.01. The average Bonchev–Trinajstić information content (AvgIpc) is 3.05. The Kier molecular flexibility index (Phi) is 6.87. The van der Waals surface area contributed by atoms with Crippen LogP contribution in [0.2, 0.25) is 0 Å². The lowest BCUT2D eigenvalue weighted by Gasteiger charge is -2.33. The lowest BCUT2D eigenvalue weighted by atomic mass is 10.0. The van der Waals surface area contributed by atoms with Crippen molar-refractivity contribution >= 4 is 16.9 Å². The quantitative estimate of drug-likeness (QED) is 0.608. The number of benzene rings is 2. The van der Waals surface area contributed by atoms with Gasteiger partial charge in [0.05, 0.1) is 11.0 Å². The first-order chi connectivity index (χ1) is 15.2. The van der Waals surface area contributed by atoms with Gasteiger partial charge in [-0.15, -0.1) is 0 Å². The minimum Gasteiger partial charge on any atom is -0.352 e. The molecule has 0 aliphatic carbocycles. The Bertz CT molecular complexity index is 1070. The molecule has 0 spiro atoms. The van der Waals surface area contributed by atoms with Gasteiger partial charge in [-0.25, -0.2) is 4.79 Å². The van der Waals surface area contributed by atoms with Crippen LogP contribution in [-0.2, 0) is 24.4 Å². The van der Waals surface area contributed by atoms with Crippen molar-refractivity contribution in [2.24, 2.45) is 0 Å². The zero-order chi connectivity index (χ0) is 21.6. The molecule has 31 heavy (non-hydrogen) atoms. The number of aromatic nitrogens is 2. The number of hydrogen-bond acceptors (Lipinski definition) is 3. The number of likely N-dealkylation sites (tertiary alicyclic amines) is 1. The van der Waals surface area contributed by atoms with Crippen molar-refractivity contribution in [3.05, 3.63) is 70.6 Å². The number of carbonyl (C=O) groups is 1. The Morgan fingerprint density at radius 3 is 2.39 bits per heavy atom. The fourth-order valence-electron chi connectivity index (χ4n) is 4.60. The highest BCUT2D eigenvalue weighted by Gasteiger charge is 2.22. The molecule has 1 fully saturated rings. The lowest BCUT2D eigenvalue weighted by Crippen LogP contribution is -2.47. The smallest absolute Gasteiger partial charge is 0.329 e. The first-order valence-electron chi connectivity index (χ1n) is 11.4. The van der Waals surface area contributed by atoms with E-state index in [4.69, 9.17) is 0 Å². The van der Waals surface area contributed by atoms with E-state index in [2.05, 4.69) is 41.4 Å². The van der Waals surface area contributed by atoms with Crippen LogP contribution < -0.4 is 11.0 Å². The molecule has 3 aromatic rings. The Hall–Kier alpha value is -2.86. The fraction of sp³-hybridized carbons (Fsp3) is 0.440. The molecule has 6 nitrogen and oxygen atoms in total. The molecule has 1 aliphatic heterocycles. The van der Waals surface area contributed by atoms with Gasteiger partial charge in [0.25, 0.3) is 0 Å². The summed E-state index contributed by atoms with van der Waals surface area (Å²) in [4.78, 5) is 28.0. The molecule has 1 aromatic heterocycles. The Morgan fingerprint density at radius 2 is 1.68 bits per heavy atom. The lowest BCUT2D eigenvalue weighted by molar-refractivity contribution is -0.122. The number of nitrogens with one attached hydrogen (secondary N) is 1. The second kappa shape index (κ2) is 9.96. The van der Waals surface area contributed by atoms with Crippen molar-refractivity contribution in [2.75, 3.05) is 13.1 Å². The molecule has 2 aromatic carbocycles. The number of nitrogens with zero attached hydrogens (tertiary/aromatic N) is 3. The molecule has 0 saturated carbocycles. The van der Waals surface area contributed by atoms with Gasteiger partial charge in [-0.1, -0.05) is 49.4 Å². The fourth-order valence-corrected chi connectivity index (χ4v) is 4.60. The number of fused-ring (bicyclic) bond motifs is 1. The highest BCUT2D eigenvalue weighted by molar-refractivity contribution is 5.78. The average molecular weight is 421 g/mol. The highest BCUT2D eigenvalue weighted by Crippen LogP contribution is 2.15. The Balaban J connectivity index is 1.35. The van der Waals surface area contributed by atoms with Gasteiger partial charge in [-0.2, -0.15) is 0 Å². The van der Waals surface area contributed by atoms with Crippen LogP contribution in [0.5, 0.6) is 0 Å². The van der Waals surface area contributed by atoms with Crippen molar-refractivity contribution in [3.63, 3.8) is 0 Å². The molecule has 4 rings (SSSR count). The minimum atomic E-state index is -0.0254. The number of amides is 1. The predicted molar refractivity (Wildman–Crippen MR) is 124 cm³/mol. The van der Waals surface area contributed by atoms with E-state index in [-0.39, 0.29) is 17.6 Å². The number of piperidine rings is 1. The van der Waals surface area contributed by atoms with E-state index in [1.807, 2.05) is 34.9 Å². The van der Waals surface area contributed by atoms with Crippen molar-refractivity contribution in [2.45, 2.75) is 58.3 Å². The summed E-state index contributed by atoms with van der Waals surface area (Å²) >= 11 is 0. The first kappa shape index (κ1) is 21.4. The van der Waals surface area contributed by atoms with Crippen molar-refractivity contribution in [1.29, 1.82) is 0 Å². The molecule has 1 amide bonds. The molecular weight excluding hydrogens is 388 g/mol. The van der Waals surface area contributed by atoms with Gasteiger partial charge in [-0.05, 0) is 43.5 Å². The normalized spacial score (nSPS) is 17.1. The van der Waals surface area contributed by atoms with Gasteiger partial charge in [0.1, 0.15) is 0 Å². The SMILES string of the molecule is CCCn1c(=O)n(CCC(=O)NC2CCCN(Cc3ccccc3)C2)c2ccccc21. The summed E-state index contributed by atoms with van der Waals surface area (Å²) in [7, 11) is 0. The number of rotatable bonds is 8. The zero-order valence-corrected chi connectivity index (χ0v) is 18.3. The molecule has 0 radical (unpaired) electrons. The second-order valence-electron chi connectivity index (χ2n) is 8.45. The molecule has 2 heterocycles. The molecule has 0 bridgehead atoms. The largest absolute Gasteiger partial charge is 0.352 e. The third-order valence-electron chi connectivity index (χ3n) is 6.05. The monoisotopic (exact) mass is 420 g/mol. The maximum Gasteiger partial charge on any atom is 0.329 e. The van der Waals surface area contributed by atoms with Gasteiger partial charge in [-0.3, -0.25) is 18.8 Å². The number of imidazole rings is 1. The third-order valence-corrected chi connectivity index (χ3v) is 6.05. The molecule has 1 atom stereocenters. The molecule has 1 aliphatic rings. The van der Waals surface area contributed by atoms with Crippen molar-refractivity contribution < 1.29 is 4.79 Å². The van der Waals surface area contributed by atoms with E-state index < -0.39 is 0 Å². The summed E-state index contributed by atoms with van der Waals surface area (Å²) < 4.78 is 3.56. The zero-order valence-electron chi connectivity index (χ0n) is 18.3. The van der Waals surface area contributed by atoms with Crippen LogP contribution >= 0.6 is 0 Å². The standard InChI is InChI=1S/C25H32N4O2/c1-2-15-28-22-12-6-7-13-23(22)29(25(28)31)17-14-24(30)26-21-11-8-16-27(19-21)18-20-9-4-3-5-10-20/h3-7,9-10,12-13,21H,2,8,11,14-19H2,1H3,(H,26,30). The minimum absolute atomic E-state index is 0.0192. The van der Waals surface area contributed by atoms with E-state index in [0.717, 1.165) is 49.9 Å². The second-order valence-corrected chi connectivity index (χ2v) is 8.45. The third kappa shape index (κ3) is 5.07. The highest BCUT2D eigenvalue weighted by atomic mass is 16.2. The van der Waals surface area contributed by atoms with E-state index in [9.17, 15) is 9.59 Å². The summed E-state index contributed by atoms with van der Waals surface area (Å²) in [5.74, 6) is 0.0192. The Morgan fingerprint density at radius 1 is 1.00 bits per heavy atom. The van der Waals surface area contributed by atoms with Crippen LogP contribution in [0.1, 0.15) is 38.2 Å². The topological polar surface area (TPSA) is 59.3 Å². The van der Waals surface area contributed by atoms with E-state index in [1.165, 1.54) is 5.56 Å². The summed E-state index contributed by atoms with van der Waals surface area (Å²) in [6.07, 6.45) is 3.30. The van der Waals surface area contributed by atoms with Crippen molar-refractivity contribution in [3.8, 4) is 0 Å². The molecular formula is C25H32N4O2. The predicted octanol–water partition coefficient (Wildman–Crippen LogP) is 3.38. The maximum absolute atomic E-state index is 12.9. The van der Waals surface area contributed by atoms with Gasteiger partial charge < -0.3 is 5.32 Å². The molecule has 1 unspecified atom stereocenters. The van der Waals surface area contributed by atoms with E-state index in [0.29, 0.717) is 19.5 Å². The summed E-state index contributed by atoms with van der Waals surface area (Å²) in [5, 5.41) is 3.20. The van der Waals surface area contributed by atoms with Crippen molar-refractivity contribution in [1.82, 2.24) is 19.4 Å². The van der Waals surface area contributed by atoms with Gasteiger partial charge in [0.2, 0.25) is 5.91 Å². The van der Waals surface area contributed by atoms with Gasteiger partial charge in [0, 0.05) is 38.6 Å². The van der Waals surface area contributed by atoms with E-state index >= 15 is 0 Å². The van der Waals surface area contributed by atoms with E-state index in [1.54, 1.807) is 4.57 Å². The molecule has 164 valence electrons. The summed E-state index contributed by atoms with van der Waals surface area (Å²) in [5.41, 5.74) is 3.12. The van der Waals surface area contributed by atoms with Crippen LogP contribution in [0.4, 0.5) is 0 Å². The number of hydrogen-bond donors (Lipinski definition) is 1. The Labute approximate surface area is 183 Å². The van der Waals surface area contributed by atoms with Crippen LogP contribution in [0.15, 0.2) is 59.4 Å². The first-order valence-corrected chi connectivity index (χ1v) is 11.4. The van der Waals surface area contributed by atoms with Gasteiger partial charge >= 0.3 is 5.69 Å². The molecule has 1 saturated heterocycles.